The highest BCUT2D eigenvalue weighted by Crippen LogP contribution is 2.49. The zero-order valence-electron chi connectivity index (χ0n) is 20.7. The summed E-state index contributed by atoms with van der Waals surface area (Å²) in [6.45, 7) is 4.37. The highest BCUT2D eigenvalue weighted by molar-refractivity contribution is 5.75. The van der Waals surface area contributed by atoms with Crippen LogP contribution >= 0.6 is 0 Å². The molecule has 4 unspecified atom stereocenters. The van der Waals surface area contributed by atoms with E-state index < -0.39 is 0 Å². The standard InChI is InChI=1S/C30H46O2/c1-3-4-5-6-7-23-10-11-28-21-27(17-16-26(28)20-23)24-12-14-25(15-13-24)30(31)32-29-18-8-22(2)9-19-29/h8-9,18-19,23-28H,3-7,10-17,20-21H2,1-2H3. The van der Waals surface area contributed by atoms with Gasteiger partial charge in [0, 0.05) is 0 Å². The van der Waals surface area contributed by atoms with Crippen LogP contribution in [0.15, 0.2) is 24.3 Å². The lowest BCUT2D eigenvalue weighted by atomic mass is 9.60. The maximum absolute atomic E-state index is 12.6. The quantitative estimate of drug-likeness (QED) is 0.231. The second kappa shape index (κ2) is 11.7. The molecule has 0 saturated heterocycles. The van der Waals surface area contributed by atoms with Gasteiger partial charge in [-0.05, 0) is 106 Å². The van der Waals surface area contributed by atoms with E-state index in [4.69, 9.17) is 4.74 Å². The monoisotopic (exact) mass is 438 g/mol. The van der Waals surface area contributed by atoms with Crippen LogP contribution in [-0.4, -0.2) is 5.97 Å². The molecule has 0 radical (unpaired) electrons. The Morgan fingerprint density at radius 3 is 2.12 bits per heavy atom. The van der Waals surface area contributed by atoms with Crippen LogP contribution < -0.4 is 4.74 Å². The maximum Gasteiger partial charge on any atom is 0.314 e. The Balaban J connectivity index is 1.18. The molecule has 3 saturated carbocycles. The number of rotatable bonds is 8. The Morgan fingerprint density at radius 2 is 1.41 bits per heavy atom. The summed E-state index contributed by atoms with van der Waals surface area (Å²) in [5.74, 6) is 5.63. The first kappa shape index (κ1) is 23.8. The van der Waals surface area contributed by atoms with Crippen LogP contribution in [0.2, 0.25) is 0 Å². The van der Waals surface area contributed by atoms with Gasteiger partial charge in [-0.25, -0.2) is 0 Å². The summed E-state index contributed by atoms with van der Waals surface area (Å²) >= 11 is 0. The minimum Gasteiger partial charge on any atom is -0.426 e. The van der Waals surface area contributed by atoms with E-state index in [1.165, 1.54) is 89.0 Å². The molecule has 2 nitrogen and oxygen atoms in total. The van der Waals surface area contributed by atoms with Gasteiger partial charge in [-0.2, -0.15) is 0 Å². The van der Waals surface area contributed by atoms with Crippen molar-refractivity contribution in [3.05, 3.63) is 29.8 Å². The normalized spacial score (nSPS) is 32.8. The van der Waals surface area contributed by atoms with Gasteiger partial charge in [0.25, 0.3) is 0 Å². The van der Waals surface area contributed by atoms with E-state index in [0.29, 0.717) is 5.75 Å². The highest BCUT2D eigenvalue weighted by atomic mass is 16.5. The zero-order valence-corrected chi connectivity index (χ0v) is 20.7. The third-order valence-corrected chi connectivity index (χ3v) is 9.24. The van der Waals surface area contributed by atoms with Crippen LogP contribution in [0.4, 0.5) is 0 Å². The molecule has 1 aromatic carbocycles. The Kier molecular flexibility index (Phi) is 8.72. The topological polar surface area (TPSA) is 26.3 Å². The lowest BCUT2D eigenvalue weighted by Crippen LogP contribution is -2.35. The van der Waals surface area contributed by atoms with E-state index >= 15 is 0 Å². The van der Waals surface area contributed by atoms with Gasteiger partial charge in [0.15, 0.2) is 0 Å². The van der Waals surface area contributed by atoms with Gasteiger partial charge >= 0.3 is 5.97 Å². The van der Waals surface area contributed by atoms with Crippen molar-refractivity contribution in [2.45, 2.75) is 110 Å². The third kappa shape index (κ3) is 6.39. The average molecular weight is 439 g/mol. The molecule has 0 amide bonds. The van der Waals surface area contributed by atoms with E-state index in [1.54, 1.807) is 0 Å². The molecule has 2 heteroatoms. The number of fused-ring (bicyclic) bond motifs is 1. The number of esters is 1. The van der Waals surface area contributed by atoms with Gasteiger partial charge in [-0.3, -0.25) is 4.79 Å². The molecule has 0 spiro atoms. The van der Waals surface area contributed by atoms with Crippen LogP contribution in [0.3, 0.4) is 0 Å². The van der Waals surface area contributed by atoms with Crippen molar-refractivity contribution in [3.63, 3.8) is 0 Å². The number of unbranched alkanes of at least 4 members (excludes halogenated alkanes) is 3. The summed E-state index contributed by atoms with van der Waals surface area (Å²) in [4.78, 5) is 12.6. The molecule has 0 N–H and O–H groups in total. The largest absolute Gasteiger partial charge is 0.426 e. The number of ether oxygens (including phenoxy) is 1. The molecule has 0 aliphatic heterocycles. The molecule has 1 aromatic rings. The fourth-order valence-electron chi connectivity index (χ4n) is 7.20. The Hall–Kier alpha value is -1.31. The molecule has 32 heavy (non-hydrogen) atoms. The van der Waals surface area contributed by atoms with Crippen molar-refractivity contribution in [1.29, 1.82) is 0 Å². The van der Waals surface area contributed by atoms with Crippen LogP contribution in [0.25, 0.3) is 0 Å². The summed E-state index contributed by atoms with van der Waals surface area (Å²) < 4.78 is 5.67. The fraction of sp³-hybridized carbons (Fsp3) is 0.767. The first-order valence-corrected chi connectivity index (χ1v) is 13.9. The van der Waals surface area contributed by atoms with Crippen molar-refractivity contribution in [2.24, 2.45) is 35.5 Å². The van der Waals surface area contributed by atoms with Gasteiger partial charge in [0.1, 0.15) is 5.75 Å². The van der Waals surface area contributed by atoms with E-state index in [1.807, 2.05) is 24.3 Å². The summed E-state index contributed by atoms with van der Waals surface area (Å²) in [6.07, 6.45) is 20.6. The van der Waals surface area contributed by atoms with Gasteiger partial charge in [-0.15, -0.1) is 0 Å². The molecule has 178 valence electrons. The number of benzene rings is 1. The first-order valence-electron chi connectivity index (χ1n) is 13.9. The van der Waals surface area contributed by atoms with Gasteiger partial charge < -0.3 is 4.74 Å². The predicted molar refractivity (Wildman–Crippen MR) is 133 cm³/mol. The second-order valence-corrected chi connectivity index (χ2v) is 11.5. The molecular formula is C30H46O2. The van der Waals surface area contributed by atoms with Crippen LogP contribution in [0.5, 0.6) is 5.75 Å². The van der Waals surface area contributed by atoms with Gasteiger partial charge in [0.2, 0.25) is 0 Å². The first-order chi connectivity index (χ1) is 15.6. The third-order valence-electron chi connectivity index (χ3n) is 9.24. The molecule has 0 aromatic heterocycles. The van der Waals surface area contributed by atoms with E-state index in [2.05, 4.69) is 13.8 Å². The zero-order chi connectivity index (χ0) is 22.3. The van der Waals surface area contributed by atoms with Gasteiger partial charge in [-0.1, -0.05) is 63.1 Å². The van der Waals surface area contributed by atoms with Crippen LogP contribution in [0.1, 0.15) is 109 Å². The molecule has 3 fully saturated rings. The second-order valence-electron chi connectivity index (χ2n) is 11.5. The molecule has 4 atom stereocenters. The minimum absolute atomic E-state index is 0.00623. The summed E-state index contributed by atoms with van der Waals surface area (Å²) in [5.41, 5.74) is 1.19. The van der Waals surface area contributed by atoms with Crippen molar-refractivity contribution in [1.82, 2.24) is 0 Å². The number of aryl methyl sites for hydroxylation is 1. The van der Waals surface area contributed by atoms with Crippen LogP contribution in [-0.2, 0) is 4.79 Å². The Labute approximate surface area is 196 Å². The summed E-state index contributed by atoms with van der Waals surface area (Å²) in [6, 6.07) is 7.85. The minimum atomic E-state index is -0.00623. The highest BCUT2D eigenvalue weighted by Gasteiger charge is 2.39. The molecule has 3 aliphatic carbocycles. The van der Waals surface area contributed by atoms with Crippen molar-refractivity contribution >= 4 is 5.97 Å². The Morgan fingerprint density at radius 1 is 0.781 bits per heavy atom. The summed E-state index contributed by atoms with van der Waals surface area (Å²) in [5, 5.41) is 0. The predicted octanol–water partition coefficient (Wildman–Crippen LogP) is 8.51. The lowest BCUT2D eigenvalue weighted by molar-refractivity contribution is -0.140. The average Bonchev–Trinajstić information content (AvgIpc) is 2.83. The number of carbonyl (C=O) groups excluding carboxylic acids is 1. The number of carbonyl (C=O) groups is 1. The van der Waals surface area contributed by atoms with E-state index in [0.717, 1.165) is 42.4 Å². The molecule has 4 rings (SSSR count). The van der Waals surface area contributed by atoms with Crippen molar-refractivity contribution < 1.29 is 9.53 Å². The fourth-order valence-corrected chi connectivity index (χ4v) is 7.20. The number of hydrogen-bond acceptors (Lipinski definition) is 2. The Bertz CT molecular complexity index is 700. The van der Waals surface area contributed by atoms with Crippen molar-refractivity contribution in [3.8, 4) is 5.75 Å². The summed E-state index contributed by atoms with van der Waals surface area (Å²) in [7, 11) is 0. The van der Waals surface area contributed by atoms with Gasteiger partial charge in [0.05, 0.1) is 5.92 Å². The number of hydrogen-bond donors (Lipinski definition) is 0. The van der Waals surface area contributed by atoms with E-state index in [-0.39, 0.29) is 11.9 Å². The van der Waals surface area contributed by atoms with E-state index in [9.17, 15) is 4.79 Å². The maximum atomic E-state index is 12.6. The smallest absolute Gasteiger partial charge is 0.314 e. The molecule has 0 bridgehead atoms. The molecule has 3 aliphatic rings. The van der Waals surface area contributed by atoms with Crippen LogP contribution in [0, 0.1) is 42.4 Å². The molecular weight excluding hydrogens is 392 g/mol. The van der Waals surface area contributed by atoms with Crippen molar-refractivity contribution in [2.75, 3.05) is 0 Å². The lowest BCUT2D eigenvalue weighted by Gasteiger charge is -2.45. The SMILES string of the molecule is CCCCCCC1CCC2CC(C3CCC(C(=O)Oc4ccc(C)cc4)CC3)CCC2C1. The molecule has 0 heterocycles.